The molecule has 1 aromatic heterocycles. The molecule has 0 amide bonds. The standard InChI is InChI=1S/C11H13N3O2/c15-11(16)10-12-5-7-6-14(8-1-2-8)4-3-9(7)13-10/h5,8H,1-4,6H2,(H,15,16). The number of hydrogen-bond acceptors (Lipinski definition) is 4. The first-order valence-electron chi connectivity index (χ1n) is 5.56. The Kier molecular flexibility index (Phi) is 2.14. The van der Waals surface area contributed by atoms with Crippen LogP contribution in [0.2, 0.25) is 0 Å². The van der Waals surface area contributed by atoms with Crippen molar-refractivity contribution in [3.63, 3.8) is 0 Å². The van der Waals surface area contributed by atoms with Gasteiger partial charge in [0.2, 0.25) is 5.82 Å². The molecule has 1 aliphatic carbocycles. The van der Waals surface area contributed by atoms with Crippen LogP contribution in [0, 0.1) is 0 Å². The van der Waals surface area contributed by atoms with Crippen molar-refractivity contribution in [2.45, 2.75) is 31.8 Å². The highest BCUT2D eigenvalue weighted by Gasteiger charge is 2.31. The summed E-state index contributed by atoms with van der Waals surface area (Å²) in [4.78, 5) is 21.1. The van der Waals surface area contributed by atoms with Crippen LogP contribution in [0.3, 0.4) is 0 Å². The molecule has 0 spiro atoms. The van der Waals surface area contributed by atoms with Crippen molar-refractivity contribution in [1.29, 1.82) is 0 Å². The zero-order chi connectivity index (χ0) is 11.1. The maximum Gasteiger partial charge on any atom is 0.373 e. The molecule has 2 heterocycles. The normalized spacial score (nSPS) is 20.5. The number of aromatic nitrogens is 2. The summed E-state index contributed by atoms with van der Waals surface area (Å²) in [6, 6.07) is 0.743. The number of fused-ring (bicyclic) bond motifs is 1. The van der Waals surface area contributed by atoms with E-state index < -0.39 is 5.97 Å². The van der Waals surface area contributed by atoms with Gasteiger partial charge in [-0.25, -0.2) is 14.8 Å². The molecule has 0 atom stereocenters. The van der Waals surface area contributed by atoms with E-state index in [-0.39, 0.29) is 5.82 Å². The van der Waals surface area contributed by atoms with Gasteiger partial charge in [-0.2, -0.15) is 0 Å². The van der Waals surface area contributed by atoms with Gasteiger partial charge >= 0.3 is 5.97 Å². The van der Waals surface area contributed by atoms with Crippen molar-refractivity contribution < 1.29 is 9.90 Å². The first-order chi connectivity index (χ1) is 7.74. The first-order valence-corrected chi connectivity index (χ1v) is 5.56. The predicted molar refractivity (Wildman–Crippen MR) is 56.1 cm³/mol. The van der Waals surface area contributed by atoms with E-state index in [2.05, 4.69) is 14.9 Å². The number of aromatic carboxylic acids is 1. The van der Waals surface area contributed by atoms with Crippen LogP contribution < -0.4 is 0 Å². The molecular weight excluding hydrogens is 206 g/mol. The zero-order valence-electron chi connectivity index (χ0n) is 8.89. The minimum absolute atomic E-state index is 0.0846. The van der Waals surface area contributed by atoms with E-state index in [1.54, 1.807) is 6.20 Å². The Morgan fingerprint density at radius 2 is 2.31 bits per heavy atom. The van der Waals surface area contributed by atoms with Crippen LogP contribution in [0.4, 0.5) is 0 Å². The summed E-state index contributed by atoms with van der Waals surface area (Å²) in [5.41, 5.74) is 1.99. The third-order valence-corrected chi connectivity index (χ3v) is 3.22. The Balaban J connectivity index is 1.86. The molecule has 1 fully saturated rings. The van der Waals surface area contributed by atoms with Gasteiger partial charge in [-0.3, -0.25) is 4.90 Å². The van der Waals surface area contributed by atoms with Crippen LogP contribution in [-0.2, 0) is 13.0 Å². The van der Waals surface area contributed by atoms with E-state index in [1.807, 2.05) is 0 Å². The maximum atomic E-state index is 10.7. The van der Waals surface area contributed by atoms with Crippen molar-refractivity contribution in [2.24, 2.45) is 0 Å². The molecule has 1 aliphatic heterocycles. The predicted octanol–water partition coefficient (Wildman–Crippen LogP) is 0.695. The van der Waals surface area contributed by atoms with Gasteiger partial charge < -0.3 is 5.11 Å². The van der Waals surface area contributed by atoms with Gasteiger partial charge in [-0.15, -0.1) is 0 Å². The highest BCUT2D eigenvalue weighted by atomic mass is 16.4. The van der Waals surface area contributed by atoms with Crippen LogP contribution in [0.25, 0.3) is 0 Å². The summed E-state index contributed by atoms with van der Waals surface area (Å²) in [5.74, 6) is -1.13. The van der Waals surface area contributed by atoms with Gasteiger partial charge in [0.25, 0.3) is 0 Å². The molecule has 0 saturated heterocycles. The van der Waals surface area contributed by atoms with Crippen LogP contribution in [0.15, 0.2) is 6.20 Å². The van der Waals surface area contributed by atoms with Gasteiger partial charge in [0.05, 0.1) is 5.69 Å². The summed E-state index contributed by atoms with van der Waals surface area (Å²) in [6.07, 6.45) is 5.10. The van der Waals surface area contributed by atoms with Gasteiger partial charge in [-0.05, 0) is 12.8 Å². The molecule has 0 aromatic carbocycles. The highest BCUT2D eigenvalue weighted by Crippen LogP contribution is 2.30. The van der Waals surface area contributed by atoms with E-state index >= 15 is 0 Å². The number of nitrogens with zero attached hydrogens (tertiary/aromatic N) is 3. The van der Waals surface area contributed by atoms with Crippen LogP contribution >= 0.6 is 0 Å². The Labute approximate surface area is 93.1 Å². The lowest BCUT2D eigenvalue weighted by atomic mass is 10.1. The fourth-order valence-corrected chi connectivity index (χ4v) is 2.19. The molecule has 16 heavy (non-hydrogen) atoms. The van der Waals surface area contributed by atoms with E-state index in [4.69, 9.17) is 5.11 Å². The Bertz CT molecular complexity index is 443. The van der Waals surface area contributed by atoms with Crippen LogP contribution in [0.5, 0.6) is 0 Å². The van der Waals surface area contributed by atoms with E-state index in [1.165, 1.54) is 12.8 Å². The topological polar surface area (TPSA) is 66.3 Å². The molecule has 1 saturated carbocycles. The van der Waals surface area contributed by atoms with E-state index in [0.717, 1.165) is 36.8 Å². The molecule has 0 unspecified atom stereocenters. The van der Waals surface area contributed by atoms with Crippen LogP contribution in [-0.4, -0.2) is 38.5 Å². The second kappa shape index (κ2) is 3.52. The summed E-state index contributed by atoms with van der Waals surface area (Å²) >= 11 is 0. The SMILES string of the molecule is O=C(O)c1ncc2c(n1)CCN(C1CC1)C2. The minimum Gasteiger partial charge on any atom is -0.475 e. The molecule has 0 radical (unpaired) electrons. The van der Waals surface area contributed by atoms with Crippen molar-refractivity contribution in [2.75, 3.05) is 6.54 Å². The maximum absolute atomic E-state index is 10.7. The van der Waals surface area contributed by atoms with Crippen molar-refractivity contribution in [3.8, 4) is 0 Å². The quantitative estimate of drug-likeness (QED) is 0.793. The average molecular weight is 219 g/mol. The Morgan fingerprint density at radius 1 is 1.50 bits per heavy atom. The summed E-state index contributed by atoms with van der Waals surface area (Å²) in [5, 5.41) is 8.80. The summed E-state index contributed by atoms with van der Waals surface area (Å²) in [6.45, 7) is 1.87. The monoisotopic (exact) mass is 219 g/mol. The molecule has 5 nitrogen and oxygen atoms in total. The largest absolute Gasteiger partial charge is 0.475 e. The fraction of sp³-hybridized carbons (Fsp3) is 0.545. The third-order valence-electron chi connectivity index (χ3n) is 3.22. The third kappa shape index (κ3) is 1.67. The molecule has 3 rings (SSSR count). The van der Waals surface area contributed by atoms with Crippen molar-refractivity contribution in [1.82, 2.24) is 14.9 Å². The molecule has 5 heteroatoms. The fourth-order valence-electron chi connectivity index (χ4n) is 2.19. The lowest BCUT2D eigenvalue weighted by Crippen LogP contribution is -2.33. The molecule has 1 N–H and O–H groups in total. The Morgan fingerprint density at radius 3 is 3.00 bits per heavy atom. The van der Waals surface area contributed by atoms with Crippen LogP contribution in [0.1, 0.15) is 34.7 Å². The van der Waals surface area contributed by atoms with Crippen molar-refractivity contribution in [3.05, 3.63) is 23.3 Å². The lowest BCUT2D eigenvalue weighted by Gasteiger charge is -2.27. The van der Waals surface area contributed by atoms with Gasteiger partial charge in [0.1, 0.15) is 0 Å². The molecule has 1 aromatic rings. The van der Waals surface area contributed by atoms with Gasteiger partial charge in [0.15, 0.2) is 0 Å². The number of carbonyl (C=O) groups is 1. The average Bonchev–Trinajstić information content (AvgIpc) is 3.11. The summed E-state index contributed by atoms with van der Waals surface area (Å²) in [7, 11) is 0. The van der Waals surface area contributed by atoms with E-state index in [0.29, 0.717) is 0 Å². The van der Waals surface area contributed by atoms with Gasteiger partial charge in [-0.1, -0.05) is 0 Å². The molecule has 2 aliphatic rings. The molecular formula is C11H13N3O2. The van der Waals surface area contributed by atoms with E-state index in [9.17, 15) is 4.79 Å². The van der Waals surface area contributed by atoms with Gasteiger partial charge in [0, 0.05) is 37.3 Å². The summed E-state index contributed by atoms with van der Waals surface area (Å²) < 4.78 is 0. The second-order valence-electron chi connectivity index (χ2n) is 4.42. The number of hydrogen-bond donors (Lipinski definition) is 1. The Hall–Kier alpha value is -1.49. The number of rotatable bonds is 2. The highest BCUT2D eigenvalue weighted by molar-refractivity contribution is 5.83. The zero-order valence-corrected chi connectivity index (χ0v) is 8.89. The lowest BCUT2D eigenvalue weighted by molar-refractivity contribution is 0.0682. The number of carboxylic acid groups (broad SMARTS) is 1. The first kappa shape index (κ1) is 9.72. The van der Waals surface area contributed by atoms with Crippen molar-refractivity contribution >= 4 is 5.97 Å². The number of carboxylic acids is 1. The molecule has 0 bridgehead atoms. The smallest absolute Gasteiger partial charge is 0.373 e. The minimum atomic E-state index is -1.05. The molecule has 84 valence electrons. The second-order valence-corrected chi connectivity index (χ2v) is 4.42.